The number of nitrogens with zero attached hydrogens (tertiary/aromatic N) is 18. The predicted octanol–water partition coefficient (Wildman–Crippen LogP) is 25.2. The fraction of sp³-hybridized carbons (Fsp3) is 0. The van der Waals surface area contributed by atoms with Gasteiger partial charge in [-0.05, 0) is 170 Å². The van der Waals surface area contributed by atoms with Gasteiger partial charge in [-0.2, -0.15) is 0 Å². The molecule has 0 spiro atoms. The maximum atomic E-state index is 6.70. The molecule has 0 bridgehead atoms. The van der Waals surface area contributed by atoms with Crippen LogP contribution in [0.3, 0.4) is 0 Å². The van der Waals surface area contributed by atoms with Crippen LogP contribution in [-0.2, 0) is 0 Å². The van der Waals surface area contributed by atoms with Crippen LogP contribution in [0, 0.1) is 0 Å². The van der Waals surface area contributed by atoms with E-state index in [0.717, 1.165) is 154 Å². The summed E-state index contributed by atoms with van der Waals surface area (Å²) in [6.07, 6.45) is 21.7. The highest BCUT2D eigenvalue weighted by Crippen LogP contribution is 2.49. The standard InChI is InChI=1S/3C36H22N6O/c1-3-15-29-24(11-1)25-17-18-31-32(26-12-2-4-16-30(26)41(31)23-10-9-19-37-22-23)34(25)42(29)36-33(27-13-5-7-20-38-27)40-35(43-36)28-14-6-8-21-39-28;1-3-15-29-24(11-1)25-17-18-31-32(34(25)41(29)23-10-9-19-37-22-23)26-12-2-4-16-30(26)42(31)36-33(27-13-5-7-20-38-27)40-35(43-36)28-14-6-8-21-39-28;1-3-15-30-24(11-1)26-21-33-27(20-32(26)41(30)23-10-9-17-37-22-23)25-12-2-4-16-31(25)42(33)36-34(28-13-5-7-18-38-28)40-35(43-36)29-14-6-8-19-39-29/h3*1-22H. The third-order valence-corrected chi connectivity index (χ3v) is 23.9. The quantitative estimate of drug-likeness (QED) is 0.111. The molecule has 27 rings (SSSR count). The van der Waals surface area contributed by atoms with Crippen molar-refractivity contribution < 1.29 is 13.3 Å². The summed E-state index contributed by atoms with van der Waals surface area (Å²) in [6.45, 7) is 0. The summed E-state index contributed by atoms with van der Waals surface area (Å²) in [6, 6.07) is 111. The first-order chi connectivity index (χ1) is 64.1. The number of benzene rings is 9. The minimum absolute atomic E-state index is 0.437. The lowest BCUT2D eigenvalue weighted by molar-refractivity contribution is 0.552. The molecular formula is C108H66N18O3. The topological polar surface area (TPSA) is 224 Å². The normalized spacial score (nSPS) is 11.7. The zero-order chi connectivity index (χ0) is 85.0. The van der Waals surface area contributed by atoms with E-state index in [2.05, 4.69) is 272 Å². The summed E-state index contributed by atoms with van der Waals surface area (Å²) in [5.74, 6) is 3.10. The van der Waals surface area contributed by atoms with Gasteiger partial charge in [-0.15, -0.1) is 0 Å². The van der Waals surface area contributed by atoms with Gasteiger partial charge >= 0.3 is 0 Å². The van der Waals surface area contributed by atoms with Crippen LogP contribution in [0.4, 0.5) is 0 Å². The molecule has 129 heavy (non-hydrogen) atoms. The Morgan fingerprint density at radius 2 is 0.465 bits per heavy atom. The molecule has 21 nitrogen and oxygen atoms in total. The Balaban J connectivity index is 0.000000105. The van der Waals surface area contributed by atoms with Crippen LogP contribution in [0.5, 0.6) is 0 Å². The zero-order valence-electron chi connectivity index (χ0n) is 68.4. The van der Waals surface area contributed by atoms with Crippen molar-refractivity contribution in [1.29, 1.82) is 0 Å². The summed E-state index contributed by atoms with van der Waals surface area (Å²) in [7, 11) is 0. The number of pyridine rings is 9. The summed E-state index contributed by atoms with van der Waals surface area (Å²) in [4.78, 5) is 55.8. The molecule has 0 N–H and O–H groups in total. The van der Waals surface area contributed by atoms with E-state index in [1.54, 1.807) is 55.8 Å². The van der Waals surface area contributed by atoms with Crippen LogP contribution in [0.15, 0.2) is 415 Å². The van der Waals surface area contributed by atoms with E-state index in [1.165, 1.54) is 10.8 Å². The van der Waals surface area contributed by atoms with Crippen molar-refractivity contribution in [3.8, 4) is 104 Å². The first kappa shape index (κ1) is 73.5. The molecule has 0 atom stereocenters. The Morgan fingerprint density at radius 1 is 0.186 bits per heavy atom. The Bertz CT molecular complexity index is 8980. The molecule has 27 aromatic rings. The molecule has 18 aromatic heterocycles. The van der Waals surface area contributed by atoms with Crippen molar-refractivity contribution in [3.05, 3.63) is 402 Å². The largest absolute Gasteiger partial charge is 0.417 e. The maximum Gasteiger partial charge on any atom is 0.248 e. The summed E-state index contributed by atoms with van der Waals surface area (Å²) < 4.78 is 33.4. The predicted molar refractivity (Wildman–Crippen MR) is 508 cm³/mol. The van der Waals surface area contributed by atoms with Crippen LogP contribution in [0.25, 0.3) is 234 Å². The molecule has 0 aliphatic carbocycles. The first-order valence-electron chi connectivity index (χ1n) is 42.2. The van der Waals surface area contributed by atoms with Crippen LogP contribution < -0.4 is 0 Å². The van der Waals surface area contributed by atoms with Gasteiger partial charge in [-0.1, -0.05) is 158 Å². The van der Waals surface area contributed by atoms with E-state index in [0.29, 0.717) is 69.5 Å². The minimum Gasteiger partial charge on any atom is -0.417 e. The summed E-state index contributed by atoms with van der Waals surface area (Å²) in [5, 5.41) is 13.6. The number of para-hydroxylation sites is 6. The molecule has 0 saturated heterocycles. The second-order valence-corrected chi connectivity index (χ2v) is 31.2. The number of fused-ring (bicyclic) bond motifs is 20. The Labute approximate surface area is 732 Å². The Hall–Kier alpha value is -18.2. The highest BCUT2D eigenvalue weighted by molar-refractivity contribution is 6.28. The molecule has 606 valence electrons. The van der Waals surface area contributed by atoms with Crippen molar-refractivity contribution in [2.45, 2.75) is 0 Å². The molecule has 0 radical (unpaired) electrons. The molecule has 0 amide bonds. The van der Waals surface area contributed by atoms with Gasteiger partial charge in [-0.25, -0.2) is 15.0 Å². The molecule has 21 heteroatoms. The van der Waals surface area contributed by atoms with Crippen molar-refractivity contribution in [1.82, 2.24) is 87.2 Å². The number of hydrogen-bond acceptors (Lipinski definition) is 15. The van der Waals surface area contributed by atoms with Crippen molar-refractivity contribution in [2.24, 2.45) is 0 Å². The van der Waals surface area contributed by atoms with Crippen LogP contribution in [-0.4, -0.2) is 87.2 Å². The zero-order valence-corrected chi connectivity index (χ0v) is 68.4. The van der Waals surface area contributed by atoms with E-state index < -0.39 is 0 Å². The maximum absolute atomic E-state index is 6.70. The second kappa shape index (κ2) is 30.4. The van der Waals surface area contributed by atoms with Gasteiger partial charge in [0.1, 0.15) is 17.1 Å². The van der Waals surface area contributed by atoms with Gasteiger partial charge in [0.05, 0.1) is 119 Å². The van der Waals surface area contributed by atoms with E-state index in [1.807, 2.05) is 146 Å². The summed E-state index contributed by atoms with van der Waals surface area (Å²) >= 11 is 0. The first-order valence-corrected chi connectivity index (χ1v) is 42.2. The van der Waals surface area contributed by atoms with Gasteiger partial charge in [0.2, 0.25) is 35.3 Å². The lowest BCUT2D eigenvalue weighted by Crippen LogP contribution is -1.97. The Kier molecular flexibility index (Phi) is 17.3. The van der Waals surface area contributed by atoms with Crippen LogP contribution in [0.1, 0.15) is 0 Å². The fourth-order valence-corrected chi connectivity index (χ4v) is 18.6. The van der Waals surface area contributed by atoms with Gasteiger partial charge in [0.15, 0.2) is 17.1 Å². The van der Waals surface area contributed by atoms with E-state index >= 15 is 0 Å². The molecule has 0 saturated carbocycles. The number of rotatable bonds is 12. The average Bonchev–Trinajstić information content (AvgIpc) is 1.55. The molecule has 18 heterocycles. The molecule has 0 aliphatic heterocycles. The molecular weight excluding hydrogens is 1600 g/mol. The van der Waals surface area contributed by atoms with Crippen LogP contribution >= 0.6 is 0 Å². The minimum atomic E-state index is 0.437. The van der Waals surface area contributed by atoms with Crippen molar-refractivity contribution >= 4 is 131 Å². The number of oxazole rings is 3. The van der Waals surface area contributed by atoms with Crippen molar-refractivity contribution in [2.75, 3.05) is 0 Å². The van der Waals surface area contributed by atoms with Crippen molar-refractivity contribution in [3.63, 3.8) is 0 Å². The lowest BCUT2D eigenvalue weighted by Gasteiger charge is -2.09. The number of hydrogen-bond donors (Lipinski definition) is 0. The molecule has 0 fully saturated rings. The van der Waals surface area contributed by atoms with E-state index in [-0.39, 0.29) is 0 Å². The highest BCUT2D eigenvalue weighted by Gasteiger charge is 2.31. The Morgan fingerprint density at radius 3 is 0.845 bits per heavy atom. The molecule has 0 aliphatic rings. The van der Waals surface area contributed by atoms with Gasteiger partial charge < -0.3 is 27.0 Å². The molecule has 0 unspecified atom stereocenters. The molecule has 9 aromatic carbocycles. The average molecular weight is 1660 g/mol. The third-order valence-electron chi connectivity index (χ3n) is 23.9. The fourth-order valence-electron chi connectivity index (χ4n) is 18.6. The second-order valence-electron chi connectivity index (χ2n) is 31.2. The third kappa shape index (κ3) is 12.0. The van der Waals surface area contributed by atoms with E-state index in [4.69, 9.17) is 28.2 Å². The summed E-state index contributed by atoms with van der Waals surface area (Å²) in [5.41, 5.74) is 21.9. The van der Waals surface area contributed by atoms with E-state index in [9.17, 15) is 0 Å². The number of aromatic nitrogens is 18. The van der Waals surface area contributed by atoms with Crippen LogP contribution in [0.2, 0.25) is 0 Å². The monoisotopic (exact) mass is 1660 g/mol. The lowest BCUT2D eigenvalue weighted by atomic mass is 10.1. The van der Waals surface area contributed by atoms with Gasteiger partial charge in [0, 0.05) is 120 Å². The highest BCUT2D eigenvalue weighted by atomic mass is 16.4. The van der Waals surface area contributed by atoms with Gasteiger partial charge in [-0.3, -0.25) is 58.6 Å². The SMILES string of the molecule is c1ccc(-c2nc(-c3ccccn3)c(-n3c4ccccc4c4c3ccc3c5ccccc5n(-c5cccnc5)c34)o2)nc1.c1ccc(-c2nc(-c3ccccn3)c(-n3c4ccccc4c4cc5c(cc43)c3ccccc3n5-c3cccnc3)o2)nc1.c1ccc(-c2nc(-c3ccccn3)c(-n3c4ccccc4c4ccc5c(c6ccccc6n5-c5cccnc5)c43)o2)nc1. The smallest absolute Gasteiger partial charge is 0.248 e. The van der Waals surface area contributed by atoms with Gasteiger partial charge in [0.25, 0.3) is 0 Å².